The van der Waals surface area contributed by atoms with Crippen LogP contribution >= 0.6 is 0 Å². The molecule has 2 N–H and O–H groups in total. The second-order valence-corrected chi connectivity index (χ2v) is 5.71. The summed E-state index contributed by atoms with van der Waals surface area (Å²) >= 11 is 0. The Labute approximate surface area is 148 Å². The van der Waals surface area contributed by atoms with Crippen LogP contribution in [-0.2, 0) is 11.0 Å². The van der Waals surface area contributed by atoms with Crippen molar-refractivity contribution < 1.29 is 18.0 Å². The fourth-order valence-corrected chi connectivity index (χ4v) is 2.51. The maximum Gasteiger partial charge on any atom is 0.416 e. The quantitative estimate of drug-likeness (QED) is 0.738. The number of fused-ring (bicyclic) bond motifs is 1. The third-order valence-electron chi connectivity index (χ3n) is 3.94. The summed E-state index contributed by atoms with van der Waals surface area (Å²) in [5.74, 6) is 0.424. The zero-order valence-electron chi connectivity index (χ0n) is 13.9. The Hall–Kier alpha value is -3.09. The number of aromatic nitrogens is 1. The van der Waals surface area contributed by atoms with Crippen LogP contribution in [0.3, 0.4) is 0 Å². The Bertz CT molecular complexity index is 937. The predicted molar refractivity (Wildman–Crippen MR) is 94.7 cm³/mol. The molecule has 3 rings (SSSR count). The van der Waals surface area contributed by atoms with E-state index in [2.05, 4.69) is 15.6 Å². The van der Waals surface area contributed by atoms with Gasteiger partial charge in [-0.2, -0.15) is 13.2 Å². The van der Waals surface area contributed by atoms with E-state index >= 15 is 0 Å². The summed E-state index contributed by atoms with van der Waals surface area (Å²) in [6.07, 6.45) is -4.34. The zero-order chi connectivity index (χ0) is 18.7. The van der Waals surface area contributed by atoms with Crippen LogP contribution in [0.25, 0.3) is 22.0 Å². The number of alkyl halides is 3. The lowest BCUT2D eigenvalue weighted by Gasteiger charge is -2.09. The first-order valence-corrected chi connectivity index (χ1v) is 7.90. The molecule has 0 bridgehead atoms. The highest BCUT2D eigenvalue weighted by atomic mass is 19.4. The number of hydrogen-bond acceptors (Lipinski definition) is 3. The number of nitrogens with zero attached hydrogens (tertiary/aromatic N) is 1. The van der Waals surface area contributed by atoms with Crippen molar-refractivity contribution in [3.63, 3.8) is 0 Å². The summed E-state index contributed by atoms with van der Waals surface area (Å²) in [6.45, 7) is 0.124. The highest BCUT2D eigenvalue weighted by Crippen LogP contribution is 2.31. The molecule has 1 amide bonds. The fourth-order valence-electron chi connectivity index (χ4n) is 2.51. The van der Waals surface area contributed by atoms with E-state index in [4.69, 9.17) is 0 Å². The molecule has 7 heteroatoms. The highest BCUT2D eigenvalue weighted by molar-refractivity contribution is 5.86. The van der Waals surface area contributed by atoms with Gasteiger partial charge in [0.25, 0.3) is 0 Å². The number of benzene rings is 2. The Balaban J connectivity index is 1.84. The molecule has 0 spiro atoms. The molecule has 0 radical (unpaired) electrons. The summed E-state index contributed by atoms with van der Waals surface area (Å²) in [5.41, 5.74) is 1.55. The molecule has 4 nitrogen and oxygen atoms in total. The molecule has 0 saturated carbocycles. The van der Waals surface area contributed by atoms with Gasteiger partial charge in [-0.05, 0) is 47.5 Å². The van der Waals surface area contributed by atoms with E-state index in [-0.39, 0.29) is 12.5 Å². The van der Waals surface area contributed by atoms with Crippen molar-refractivity contribution in [1.29, 1.82) is 0 Å². The number of pyridine rings is 1. The van der Waals surface area contributed by atoms with E-state index < -0.39 is 11.7 Å². The van der Waals surface area contributed by atoms with Gasteiger partial charge in [0.05, 0.1) is 17.6 Å². The summed E-state index contributed by atoms with van der Waals surface area (Å²) in [4.78, 5) is 15.7. The topological polar surface area (TPSA) is 54.0 Å². The largest absolute Gasteiger partial charge is 0.416 e. The van der Waals surface area contributed by atoms with Crippen LogP contribution in [0.1, 0.15) is 5.56 Å². The van der Waals surface area contributed by atoms with Gasteiger partial charge >= 0.3 is 6.18 Å². The molecular weight excluding hydrogens is 343 g/mol. The molecule has 1 aromatic heterocycles. The number of likely N-dealkylation sites (N-methyl/N-ethyl adjacent to an activating group) is 1. The summed E-state index contributed by atoms with van der Waals surface area (Å²) in [5, 5.41) is 6.29. The van der Waals surface area contributed by atoms with Crippen molar-refractivity contribution in [3.8, 4) is 11.1 Å². The van der Waals surface area contributed by atoms with E-state index in [1.807, 2.05) is 12.1 Å². The van der Waals surface area contributed by atoms with Crippen LogP contribution in [0.2, 0.25) is 0 Å². The van der Waals surface area contributed by atoms with Crippen molar-refractivity contribution in [3.05, 3.63) is 60.2 Å². The third-order valence-corrected chi connectivity index (χ3v) is 3.94. The molecule has 0 saturated heterocycles. The molecule has 3 aromatic rings. The van der Waals surface area contributed by atoms with Crippen molar-refractivity contribution >= 4 is 22.6 Å². The van der Waals surface area contributed by atoms with Crippen molar-refractivity contribution in [1.82, 2.24) is 10.3 Å². The first kappa shape index (κ1) is 17.7. The molecule has 0 aliphatic carbocycles. The van der Waals surface area contributed by atoms with Gasteiger partial charge in [-0.1, -0.05) is 18.2 Å². The van der Waals surface area contributed by atoms with E-state index in [1.54, 1.807) is 25.2 Å². The van der Waals surface area contributed by atoms with Gasteiger partial charge in [0, 0.05) is 12.4 Å². The smallest absolute Gasteiger partial charge is 0.361 e. The monoisotopic (exact) mass is 359 g/mol. The number of carbonyl (C=O) groups excluding carboxylic acids is 1. The second-order valence-electron chi connectivity index (χ2n) is 5.71. The number of carbonyl (C=O) groups is 1. The van der Waals surface area contributed by atoms with Crippen LogP contribution in [-0.4, -0.2) is 24.5 Å². The number of rotatable bonds is 4. The SMILES string of the molecule is CNC(=O)CNc1ccc2cc(-c3ccc(C(F)(F)F)cc3)ccc2n1. The first-order valence-electron chi connectivity index (χ1n) is 7.90. The Kier molecular flexibility index (Phi) is 4.79. The van der Waals surface area contributed by atoms with Crippen molar-refractivity contribution in [2.75, 3.05) is 18.9 Å². The number of anilines is 1. The van der Waals surface area contributed by atoms with E-state index in [1.165, 1.54) is 12.1 Å². The second kappa shape index (κ2) is 7.03. The average molecular weight is 359 g/mol. The van der Waals surface area contributed by atoms with Crippen molar-refractivity contribution in [2.45, 2.75) is 6.18 Å². The normalized spacial score (nSPS) is 11.4. The van der Waals surface area contributed by atoms with Gasteiger partial charge in [-0.15, -0.1) is 0 Å². The standard InChI is InChI=1S/C19H16F3N3O/c1-23-18(26)11-24-17-9-5-14-10-13(4-8-16(14)25-17)12-2-6-15(7-3-12)19(20,21)22/h2-10H,11H2,1H3,(H,23,26)(H,24,25). The van der Waals surface area contributed by atoms with E-state index in [0.717, 1.165) is 28.6 Å². The van der Waals surface area contributed by atoms with Gasteiger partial charge in [-0.3, -0.25) is 4.79 Å². The third kappa shape index (κ3) is 3.93. The van der Waals surface area contributed by atoms with Crippen LogP contribution in [0.5, 0.6) is 0 Å². The Morgan fingerprint density at radius 1 is 1.00 bits per heavy atom. The van der Waals surface area contributed by atoms with Crippen LogP contribution in [0.4, 0.5) is 19.0 Å². The van der Waals surface area contributed by atoms with Gasteiger partial charge < -0.3 is 10.6 Å². The maximum atomic E-state index is 12.7. The lowest BCUT2D eigenvalue weighted by atomic mass is 10.0. The maximum absolute atomic E-state index is 12.7. The van der Waals surface area contributed by atoms with Crippen LogP contribution in [0, 0.1) is 0 Å². The minimum Gasteiger partial charge on any atom is -0.361 e. The summed E-state index contributed by atoms with van der Waals surface area (Å²) in [6, 6.07) is 14.1. The number of halogens is 3. The van der Waals surface area contributed by atoms with E-state index in [0.29, 0.717) is 11.4 Å². The number of hydrogen-bond donors (Lipinski definition) is 2. The van der Waals surface area contributed by atoms with Crippen LogP contribution < -0.4 is 10.6 Å². The molecule has 0 aliphatic rings. The molecule has 0 atom stereocenters. The zero-order valence-corrected chi connectivity index (χ0v) is 13.9. The van der Waals surface area contributed by atoms with Gasteiger partial charge in [-0.25, -0.2) is 4.98 Å². The molecule has 26 heavy (non-hydrogen) atoms. The Morgan fingerprint density at radius 3 is 2.35 bits per heavy atom. The molecule has 0 aliphatic heterocycles. The van der Waals surface area contributed by atoms with Gasteiger partial charge in [0.15, 0.2) is 0 Å². The average Bonchev–Trinajstić information content (AvgIpc) is 2.65. The highest BCUT2D eigenvalue weighted by Gasteiger charge is 2.29. The molecular formula is C19H16F3N3O. The summed E-state index contributed by atoms with van der Waals surface area (Å²) in [7, 11) is 1.56. The molecule has 2 aromatic carbocycles. The Morgan fingerprint density at radius 2 is 1.69 bits per heavy atom. The lowest BCUT2D eigenvalue weighted by molar-refractivity contribution is -0.137. The van der Waals surface area contributed by atoms with Gasteiger partial charge in [0.2, 0.25) is 5.91 Å². The molecule has 1 heterocycles. The fraction of sp³-hybridized carbons (Fsp3) is 0.158. The van der Waals surface area contributed by atoms with Gasteiger partial charge in [0.1, 0.15) is 5.82 Å². The predicted octanol–water partition coefficient (Wildman–Crippen LogP) is 4.08. The number of nitrogens with one attached hydrogen (secondary N) is 2. The van der Waals surface area contributed by atoms with Crippen molar-refractivity contribution in [2.24, 2.45) is 0 Å². The molecule has 0 unspecified atom stereocenters. The van der Waals surface area contributed by atoms with Crippen LogP contribution in [0.15, 0.2) is 54.6 Å². The minimum atomic E-state index is -4.34. The first-order chi connectivity index (χ1) is 12.4. The summed E-state index contributed by atoms with van der Waals surface area (Å²) < 4.78 is 38.0. The lowest BCUT2D eigenvalue weighted by Crippen LogP contribution is -2.26. The minimum absolute atomic E-state index is 0.124. The molecule has 0 fully saturated rings. The molecule has 134 valence electrons. The number of amides is 1. The van der Waals surface area contributed by atoms with E-state index in [9.17, 15) is 18.0 Å².